The monoisotopic (exact) mass is 2010 g/mol. The zero-order valence-corrected chi connectivity index (χ0v) is 79.8. The quantitative estimate of drug-likeness (QED) is 0.0128. The van der Waals surface area contributed by atoms with Crippen LogP contribution >= 0.6 is 21.6 Å². The minimum Gasteiger partial charge on any atom is -0.508 e. The van der Waals surface area contributed by atoms with E-state index in [0.717, 1.165) is 27.0 Å². The van der Waals surface area contributed by atoms with Crippen LogP contribution in [0.3, 0.4) is 0 Å². The Kier molecular flexibility index (Phi) is 50.1. The number of hydrogen-bond acceptors (Lipinski definition) is 27. The molecule has 0 spiro atoms. The smallest absolute Gasteiger partial charge is 0.326 e. The van der Waals surface area contributed by atoms with Crippen molar-refractivity contribution in [1.29, 1.82) is 21.6 Å². The number of nitrogens with two attached hydrogens (primary N) is 8. The highest BCUT2D eigenvalue weighted by Gasteiger charge is 2.40. The van der Waals surface area contributed by atoms with Crippen LogP contribution in [-0.2, 0) is 52.8 Å². The number of phenolic OH excluding ortho intramolecular Hbond substituents is 2. The molecule has 4 unspecified atom stereocenters. The van der Waals surface area contributed by atoms with Gasteiger partial charge in [-0.25, -0.2) is 49.5 Å². The van der Waals surface area contributed by atoms with Gasteiger partial charge >= 0.3 is 18.0 Å². The Morgan fingerprint density at radius 1 is 0.433 bits per heavy atom. The van der Waals surface area contributed by atoms with E-state index in [4.69, 9.17) is 67.5 Å². The van der Waals surface area contributed by atoms with Crippen LogP contribution < -0.4 is 93.7 Å². The lowest BCUT2D eigenvalue weighted by Gasteiger charge is -2.27. The van der Waals surface area contributed by atoms with E-state index in [1.165, 1.54) is 53.4 Å². The molecule has 141 heavy (non-hydrogen) atoms. The number of carboxylic acid groups (broad SMARTS) is 2. The first kappa shape index (κ1) is 115. The van der Waals surface area contributed by atoms with Gasteiger partial charge in [0.05, 0.1) is 6.04 Å². The molecule has 4 aromatic rings. The van der Waals surface area contributed by atoms with E-state index in [1.807, 2.05) is 6.07 Å². The number of nitrogens with zero attached hydrogens (tertiary/aromatic N) is 9. The van der Waals surface area contributed by atoms with Crippen molar-refractivity contribution in [2.75, 3.05) is 63.9 Å². The molecule has 0 aliphatic carbocycles. The molecule has 0 saturated carbocycles. The second-order valence-electron chi connectivity index (χ2n) is 33.5. The fourth-order valence-electron chi connectivity index (χ4n) is 14.8. The predicted molar refractivity (Wildman–Crippen MR) is 541 cm³/mol. The highest BCUT2D eigenvalue weighted by molar-refractivity contribution is 8.76. The number of hydrogen-bond donors (Lipinski definition) is 33. The van der Waals surface area contributed by atoms with Gasteiger partial charge in [0.2, 0.25) is 76.7 Å². The molecule has 4 aromatic carbocycles. The van der Waals surface area contributed by atoms with Crippen LogP contribution in [-0.4, -0.2) is 333 Å². The molecule has 50 nitrogen and oxygen atoms in total. The van der Waals surface area contributed by atoms with Gasteiger partial charge in [0.25, 0.3) is 0 Å². The first-order valence-corrected chi connectivity index (χ1v) is 48.6. The second-order valence-corrected chi connectivity index (χ2v) is 36.0. The van der Waals surface area contributed by atoms with Crippen molar-refractivity contribution < 1.29 is 99.6 Å². The van der Waals surface area contributed by atoms with Gasteiger partial charge in [-0.1, -0.05) is 88.3 Å². The number of amides is 7. The van der Waals surface area contributed by atoms with Crippen molar-refractivity contribution in [3.63, 3.8) is 0 Å². The fraction of sp³-hybridized carbons (Fsp3) is 0.528. The maximum Gasteiger partial charge on any atom is 0.326 e. The van der Waals surface area contributed by atoms with Gasteiger partial charge in [-0.3, -0.25) is 50.4 Å². The number of guanidine groups is 4. The number of aliphatic imine (C=N–C) groups is 8. The van der Waals surface area contributed by atoms with Gasteiger partial charge < -0.3 is 160 Å². The van der Waals surface area contributed by atoms with E-state index in [9.17, 15) is 80.5 Å². The number of rotatable bonds is 46. The summed E-state index contributed by atoms with van der Waals surface area (Å²) in [6.07, 6.45) is -2.46. The molecule has 52 heteroatoms. The van der Waals surface area contributed by atoms with E-state index < -0.39 is 228 Å². The number of aliphatic hydroxyl groups excluding tert-OH is 8. The predicted octanol–water partition coefficient (Wildman–Crippen LogP) is 1.24. The third-order valence-electron chi connectivity index (χ3n) is 22.3. The number of aliphatic carboxylic acids is 2. The lowest BCUT2D eigenvalue weighted by atomic mass is 10.00. The van der Waals surface area contributed by atoms with Crippen LogP contribution in [0.4, 0.5) is 4.79 Å². The zero-order valence-electron chi connectivity index (χ0n) is 78.2. The molecule has 0 bridgehead atoms. The van der Waals surface area contributed by atoms with Crippen molar-refractivity contribution in [3.8, 4) is 11.5 Å². The van der Waals surface area contributed by atoms with Gasteiger partial charge in [-0.05, 0) is 187 Å². The van der Waals surface area contributed by atoms with Gasteiger partial charge in [0.15, 0.2) is 23.8 Å². The summed E-state index contributed by atoms with van der Waals surface area (Å²) in [7, 11) is 1.48. The van der Waals surface area contributed by atoms with Gasteiger partial charge in [-0.15, -0.1) is 0 Å². The number of aliphatic hydroxyl groups is 8. The SMILES string of the molecule is N=C(N)NCCC[C@@H](N)C(=O)N[C@@H](CCCNC(=N)N)C(=O)N[C@H](Cc1ccc2ccccc2c1)C(=O)NC1CSSC[C@H](C(=O)N[C@H](CCCNC(=N)N)C(=O)O)N=C(O)[C@@H](CCCNC(N)=O)N=C(O)[C@@H](CCCNC(=N)N)N=C(O)[C@@H](Cc2ccc(O)cc2)N=C(O)[C@@H]2CCCN2C(=O)C(CCCCN)N=C(O)C(CCCCN)N=C(O)C(CCC(=O)O)N=C(O)[C@@H](Cc2ccc(O)cc2)N=C1O. The second kappa shape index (κ2) is 61.2. The summed E-state index contributed by atoms with van der Waals surface area (Å²) in [6, 6.07) is -0.813. The largest absolute Gasteiger partial charge is 0.508 e. The summed E-state index contributed by atoms with van der Waals surface area (Å²) >= 11 is 0. The topological polar surface area (TPSA) is 893 Å². The fourth-order valence-corrected chi connectivity index (χ4v) is 17.1. The van der Waals surface area contributed by atoms with Gasteiger partial charge in [0, 0.05) is 76.5 Å². The summed E-state index contributed by atoms with van der Waals surface area (Å²) in [6.45, 7) is 0.0766. The van der Waals surface area contributed by atoms with Crippen molar-refractivity contribution in [1.82, 2.24) is 52.8 Å². The highest BCUT2D eigenvalue weighted by Crippen LogP contribution is 2.29. The number of carboxylic acids is 2. The first-order valence-electron chi connectivity index (χ1n) is 46.1. The van der Waals surface area contributed by atoms with Gasteiger partial charge in [-0.2, -0.15) is 0 Å². The van der Waals surface area contributed by atoms with Crippen LogP contribution in [0.25, 0.3) is 10.8 Å². The minimum absolute atomic E-state index is 0.0133. The summed E-state index contributed by atoms with van der Waals surface area (Å²) < 4.78 is 0. The van der Waals surface area contributed by atoms with Crippen molar-refractivity contribution in [3.05, 3.63) is 108 Å². The highest BCUT2D eigenvalue weighted by atomic mass is 33.1. The number of phenols is 2. The summed E-state index contributed by atoms with van der Waals surface area (Å²) in [5, 5.41) is 198. The molecular weight excluding hydrogens is 1870 g/mol. The number of unbranched alkanes of at least 4 members (excludes halogenated alkanes) is 2. The number of benzene rings is 4. The lowest BCUT2D eigenvalue weighted by Crippen LogP contribution is -2.58. The number of nitrogens with one attached hydrogen (secondary N) is 13. The number of carbonyl (C=O) groups excluding carboxylic acids is 6. The molecule has 1 fully saturated rings. The molecule has 0 aromatic heterocycles. The van der Waals surface area contributed by atoms with Crippen LogP contribution in [0, 0.1) is 21.6 Å². The first-order chi connectivity index (χ1) is 67.2. The molecule has 0 radical (unpaired) electrons. The maximum absolute atomic E-state index is 15.9. The summed E-state index contributed by atoms with van der Waals surface area (Å²) in [4.78, 5) is 151. The molecule has 7 amide bonds. The third kappa shape index (κ3) is 42.5. The number of aromatic hydroxyl groups is 2. The van der Waals surface area contributed by atoms with E-state index >= 15 is 19.2 Å². The molecule has 2 heterocycles. The Bertz CT molecular complexity index is 5070. The van der Waals surface area contributed by atoms with E-state index in [-0.39, 0.29) is 191 Å². The average molecular weight is 2010 g/mol. The van der Waals surface area contributed by atoms with Crippen molar-refractivity contribution >= 4 is 151 Å². The van der Waals surface area contributed by atoms with Crippen LogP contribution in [0.15, 0.2) is 131 Å². The Balaban J connectivity index is 1.71. The van der Waals surface area contributed by atoms with E-state index in [1.54, 1.807) is 36.4 Å². The summed E-state index contributed by atoms with van der Waals surface area (Å²) in [5.74, 6) is -18.6. The molecule has 774 valence electrons. The molecule has 2 aliphatic heterocycles. The standard InChI is InChI=1S/C89H136N30O20S2/c90-35-5-3-16-57-73(126)112-62(17-4-6-36-91)83(136)119-42-12-22-69(119)82(135)116-65(45-50-26-31-55(121)32-27-50)78(131)110-59(19-9-39-104-87(97)98)72(125)109-60(20-10-41-106-89(101)139)75(128)117-67(80(133)113-63(84(137)138)21-11-40-105-88(99)100)47-140-141-48-68(81(134)115-64(44-49-24-29-54(120)30-25-49)77(130)111-61(76(129)108-57)33-34-70(122)123)118-79(132)66(46-51-23-28-52-13-1-2-14-53(52)43-51)114-74(127)58(18-8-38-103-86(95)96)107-71(124)56(92)15-7-37-102-85(93)94/h1-2,13-14,23-32,43,56-69,120-121H,3-12,15-22,33-42,44-48,90-92H2,(H,107,124)(H,108,129)(H,109,125)(H,110,131)(H,111,130)(H,112,126)(H,113,133)(H,114,127)(H,115,134)(H,116,135)(H,117,128)(H,118,132)(H,122,123)(H,137,138)(H4,93,94,102)(H4,95,96,103)(H4,97,98,104)(H4,99,100,105)(H3,101,106,139)/t56-,57?,58+,59-,60-,61?,62?,63-,64-,65-,66-,67-,68?,69+/m1/s1. The number of carbonyl (C=O) groups is 8. The zero-order chi connectivity index (χ0) is 104. The van der Waals surface area contributed by atoms with Crippen molar-refractivity contribution in [2.24, 2.45) is 85.8 Å². The normalized spacial score (nSPS) is 20.4. The van der Waals surface area contributed by atoms with Gasteiger partial charge in [0.1, 0.15) is 90.0 Å². The number of fused-ring (bicyclic) bond motifs is 2. The minimum atomic E-state index is -1.93. The molecule has 2 aliphatic rings. The van der Waals surface area contributed by atoms with Crippen LogP contribution in [0.5, 0.6) is 11.5 Å². The molecule has 6 rings (SSSR count). The third-order valence-corrected chi connectivity index (χ3v) is 24.7. The molecule has 14 atom stereocenters. The maximum atomic E-state index is 15.9. The van der Waals surface area contributed by atoms with E-state index in [0.29, 0.717) is 29.4 Å². The Morgan fingerprint density at radius 3 is 1.36 bits per heavy atom. The molecular formula is C89H136N30O20S2. The van der Waals surface area contributed by atoms with Crippen LogP contribution in [0.1, 0.15) is 145 Å². The molecule has 1 saturated heterocycles. The molecule has 41 N–H and O–H groups in total. The average Bonchev–Trinajstić information content (AvgIpc) is 1.63. The lowest BCUT2D eigenvalue weighted by molar-refractivity contribution is -0.142. The Morgan fingerprint density at radius 2 is 0.858 bits per heavy atom. The number of urea groups is 1. The Labute approximate surface area is 821 Å². The Hall–Kier alpha value is -14.3. The van der Waals surface area contributed by atoms with Crippen molar-refractivity contribution in [2.45, 2.75) is 232 Å². The van der Waals surface area contributed by atoms with Crippen LogP contribution in [0.2, 0.25) is 0 Å². The number of primary amides is 1. The summed E-state index contributed by atoms with van der Waals surface area (Å²) in [5.41, 5.74) is 47.1. The van der Waals surface area contributed by atoms with E-state index in [2.05, 4.69) is 87.8 Å².